The number of hydrogen-bond donors (Lipinski definition) is 1. The van der Waals surface area contributed by atoms with Crippen LogP contribution in [0.2, 0.25) is 0 Å². The lowest BCUT2D eigenvalue weighted by Crippen LogP contribution is -2.39. The highest BCUT2D eigenvalue weighted by molar-refractivity contribution is 5.97. The van der Waals surface area contributed by atoms with E-state index in [1.807, 2.05) is 0 Å². The molecular formula is C20H33N3O4. The number of ether oxygens (including phenoxy) is 2. The van der Waals surface area contributed by atoms with Gasteiger partial charge in [-0.2, -0.15) is 5.10 Å². The van der Waals surface area contributed by atoms with Crippen LogP contribution in [0.15, 0.2) is 6.20 Å². The molecule has 7 heteroatoms. The van der Waals surface area contributed by atoms with E-state index in [2.05, 4.69) is 24.0 Å². The number of anilines is 1. The van der Waals surface area contributed by atoms with Gasteiger partial charge in [0.25, 0.3) is 0 Å². The number of aromatic nitrogens is 2. The molecule has 1 N–H and O–H groups in total. The van der Waals surface area contributed by atoms with Crippen molar-refractivity contribution in [1.82, 2.24) is 10.2 Å². The predicted molar refractivity (Wildman–Crippen MR) is 104 cm³/mol. The van der Waals surface area contributed by atoms with E-state index in [1.54, 1.807) is 6.92 Å². The normalized spacial score (nSPS) is 23.1. The third kappa shape index (κ3) is 6.34. The summed E-state index contributed by atoms with van der Waals surface area (Å²) in [5.41, 5.74) is 0.278. The fourth-order valence-corrected chi connectivity index (χ4v) is 3.55. The molecule has 0 spiro atoms. The first-order valence-corrected chi connectivity index (χ1v) is 10.1. The van der Waals surface area contributed by atoms with Gasteiger partial charge in [0.1, 0.15) is 11.4 Å². The number of carbonyl (C=O) groups is 2. The van der Waals surface area contributed by atoms with Gasteiger partial charge in [0, 0.05) is 19.3 Å². The summed E-state index contributed by atoms with van der Waals surface area (Å²) in [6.45, 7) is 7.96. The van der Waals surface area contributed by atoms with Gasteiger partial charge in [-0.15, -0.1) is 0 Å². The second-order valence-corrected chi connectivity index (χ2v) is 7.57. The SMILES string of the molecule is CC1CCC(C)CC1.CCOC(=O)c1cn[nH]c1N(C=O)C1CCOCC1. The standard InChI is InChI=1S/C12H17N3O4.C8H16/c1-2-19-12(17)10-7-13-14-11(10)15(8-16)9-3-5-18-6-4-9;1-7-3-5-8(2)6-4-7/h7-9H,2-6H2,1H3,(H,13,14);7-8H,3-6H2,1-2H3. The van der Waals surface area contributed by atoms with Crippen LogP contribution in [0.1, 0.15) is 69.7 Å². The minimum atomic E-state index is -0.481. The lowest BCUT2D eigenvalue weighted by atomic mass is 9.84. The third-order valence-electron chi connectivity index (χ3n) is 5.38. The molecule has 27 heavy (non-hydrogen) atoms. The summed E-state index contributed by atoms with van der Waals surface area (Å²) >= 11 is 0. The van der Waals surface area contributed by atoms with Gasteiger partial charge in [0.05, 0.1) is 12.8 Å². The Kier molecular flexibility index (Phi) is 8.78. The molecule has 1 aromatic heterocycles. The van der Waals surface area contributed by atoms with Gasteiger partial charge < -0.3 is 9.47 Å². The van der Waals surface area contributed by atoms with E-state index in [0.717, 1.165) is 24.7 Å². The van der Waals surface area contributed by atoms with Crippen molar-refractivity contribution in [3.63, 3.8) is 0 Å². The number of hydrogen-bond acceptors (Lipinski definition) is 5. The monoisotopic (exact) mass is 379 g/mol. The summed E-state index contributed by atoms with van der Waals surface area (Å²) in [6, 6.07) is 0.0138. The highest BCUT2D eigenvalue weighted by Gasteiger charge is 2.27. The Morgan fingerprint density at radius 2 is 1.81 bits per heavy atom. The summed E-state index contributed by atoms with van der Waals surface area (Å²) in [5, 5.41) is 6.53. The van der Waals surface area contributed by atoms with Crippen molar-refractivity contribution >= 4 is 18.2 Å². The molecule has 2 aliphatic rings. The Morgan fingerprint density at radius 3 is 2.33 bits per heavy atom. The lowest BCUT2D eigenvalue weighted by Gasteiger charge is -2.30. The third-order valence-corrected chi connectivity index (χ3v) is 5.38. The summed E-state index contributed by atoms with van der Waals surface area (Å²) in [5.74, 6) is 1.95. The van der Waals surface area contributed by atoms with Gasteiger partial charge >= 0.3 is 5.97 Å². The van der Waals surface area contributed by atoms with E-state index in [1.165, 1.54) is 36.8 Å². The van der Waals surface area contributed by atoms with E-state index in [0.29, 0.717) is 25.4 Å². The quantitative estimate of drug-likeness (QED) is 0.624. The van der Waals surface area contributed by atoms with Gasteiger partial charge in [-0.3, -0.25) is 14.8 Å². The van der Waals surface area contributed by atoms with E-state index >= 15 is 0 Å². The van der Waals surface area contributed by atoms with Crippen LogP contribution < -0.4 is 4.90 Å². The molecule has 1 aliphatic heterocycles. The number of nitrogens with zero attached hydrogens (tertiary/aromatic N) is 2. The van der Waals surface area contributed by atoms with Crippen molar-refractivity contribution in [2.45, 2.75) is 65.3 Å². The zero-order valence-corrected chi connectivity index (χ0v) is 16.8. The summed E-state index contributed by atoms with van der Waals surface area (Å²) in [6.07, 6.45) is 9.46. The fraction of sp³-hybridized carbons (Fsp3) is 0.750. The summed E-state index contributed by atoms with van der Waals surface area (Å²) in [4.78, 5) is 24.6. The first-order valence-electron chi connectivity index (χ1n) is 10.1. The molecule has 0 radical (unpaired) electrons. The second kappa shape index (κ2) is 11.1. The first-order chi connectivity index (χ1) is 13.1. The predicted octanol–water partition coefficient (Wildman–Crippen LogP) is 3.56. The number of esters is 1. The molecule has 0 aromatic carbocycles. The second-order valence-electron chi connectivity index (χ2n) is 7.57. The van der Waals surface area contributed by atoms with E-state index in [9.17, 15) is 9.59 Å². The molecule has 1 saturated carbocycles. The van der Waals surface area contributed by atoms with Crippen LogP contribution in [0, 0.1) is 11.8 Å². The zero-order chi connectivity index (χ0) is 19.6. The van der Waals surface area contributed by atoms with Crippen LogP contribution in [0.25, 0.3) is 0 Å². The number of carbonyl (C=O) groups excluding carboxylic acids is 2. The van der Waals surface area contributed by atoms with Gasteiger partial charge in [-0.25, -0.2) is 4.79 Å². The van der Waals surface area contributed by atoms with Crippen molar-refractivity contribution in [1.29, 1.82) is 0 Å². The van der Waals surface area contributed by atoms with Crippen LogP contribution in [0.4, 0.5) is 5.82 Å². The number of aromatic amines is 1. The summed E-state index contributed by atoms with van der Waals surface area (Å²) < 4.78 is 10.2. The van der Waals surface area contributed by atoms with Crippen molar-refractivity contribution in [3.8, 4) is 0 Å². The Hall–Kier alpha value is -1.89. The average molecular weight is 380 g/mol. The maximum absolute atomic E-state index is 11.8. The molecule has 1 aromatic rings. The lowest BCUT2D eigenvalue weighted by molar-refractivity contribution is -0.108. The van der Waals surface area contributed by atoms with Crippen LogP contribution in [-0.2, 0) is 14.3 Å². The Balaban J connectivity index is 0.000000273. The largest absolute Gasteiger partial charge is 0.462 e. The zero-order valence-electron chi connectivity index (χ0n) is 16.8. The number of nitrogens with one attached hydrogen (secondary N) is 1. The van der Waals surface area contributed by atoms with Crippen molar-refractivity contribution in [2.24, 2.45) is 11.8 Å². The molecule has 152 valence electrons. The van der Waals surface area contributed by atoms with Gasteiger partial charge in [0.2, 0.25) is 6.41 Å². The van der Waals surface area contributed by atoms with Crippen LogP contribution in [0.5, 0.6) is 0 Å². The molecule has 7 nitrogen and oxygen atoms in total. The molecule has 3 rings (SSSR count). The number of rotatable bonds is 5. The maximum Gasteiger partial charge on any atom is 0.343 e. The minimum Gasteiger partial charge on any atom is -0.462 e. The molecular weight excluding hydrogens is 346 g/mol. The van der Waals surface area contributed by atoms with E-state index in [-0.39, 0.29) is 18.2 Å². The van der Waals surface area contributed by atoms with Gasteiger partial charge in [-0.05, 0) is 31.6 Å². The van der Waals surface area contributed by atoms with Crippen LogP contribution >= 0.6 is 0 Å². The average Bonchev–Trinajstić information content (AvgIpc) is 3.16. The Bertz CT molecular complexity index is 566. The smallest absolute Gasteiger partial charge is 0.343 e. The summed E-state index contributed by atoms with van der Waals surface area (Å²) in [7, 11) is 0. The molecule has 2 fully saturated rings. The molecule has 2 heterocycles. The van der Waals surface area contributed by atoms with E-state index < -0.39 is 5.97 Å². The topological polar surface area (TPSA) is 84.5 Å². The Labute approximate surface area is 161 Å². The Morgan fingerprint density at radius 1 is 1.22 bits per heavy atom. The highest BCUT2D eigenvalue weighted by Crippen LogP contribution is 2.27. The number of H-pyrrole nitrogens is 1. The van der Waals surface area contributed by atoms with Crippen LogP contribution in [-0.4, -0.2) is 48.4 Å². The van der Waals surface area contributed by atoms with Gasteiger partial charge in [-0.1, -0.05) is 39.5 Å². The fourth-order valence-electron chi connectivity index (χ4n) is 3.55. The molecule has 0 atom stereocenters. The van der Waals surface area contributed by atoms with Crippen LogP contribution in [0.3, 0.4) is 0 Å². The van der Waals surface area contributed by atoms with E-state index in [4.69, 9.17) is 9.47 Å². The molecule has 0 bridgehead atoms. The minimum absolute atomic E-state index is 0.0138. The van der Waals surface area contributed by atoms with Crippen molar-refractivity contribution in [2.75, 3.05) is 24.7 Å². The van der Waals surface area contributed by atoms with Crippen molar-refractivity contribution < 1.29 is 19.1 Å². The molecule has 1 aliphatic carbocycles. The highest BCUT2D eigenvalue weighted by atomic mass is 16.5. The first kappa shape index (κ1) is 21.4. The van der Waals surface area contributed by atoms with Gasteiger partial charge in [0.15, 0.2) is 0 Å². The molecule has 0 unspecified atom stereocenters. The number of amides is 1. The molecule has 1 saturated heterocycles. The van der Waals surface area contributed by atoms with Crippen molar-refractivity contribution in [3.05, 3.63) is 11.8 Å². The molecule has 1 amide bonds. The maximum atomic E-state index is 11.8.